The van der Waals surface area contributed by atoms with Crippen LogP contribution in [0.1, 0.15) is 122 Å². The van der Waals surface area contributed by atoms with Gasteiger partial charge in [0.05, 0.1) is 5.56 Å². The summed E-state index contributed by atoms with van der Waals surface area (Å²) >= 11 is 0. The van der Waals surface area contributed by atoms with E-state index in [2.05, 4.69) is 116 Å². The summed E-state index contributed by atoms with van der Waals surface area (Å²) in [5.41, 5.74) is 9.53. The molecule has 4 aromatic rings. The maximum Gasteiger partial charge on any atom is 0.221 e. The Kier molecular flexibility index (Phi) is 15.3. The predicted molar refractivity (Wildman–Crippen MR) is 192 cm³/mol. The van der Waals surface area contributed by atoms with Gasteiger partial charge in [-0.3, -0.25) is 0 Å². The standard InChI is InChI=1S/C43H58N/c1-3-5-7-8-9-10-11-12-13-14-15-16-17-27-35-44-36-40(28-6-4-2)41(37-29-21-18-22-30-37)42(38-31-23-19-24-32-38)43(44)39-33-25-20-26-34-39/h18-26,29-34,36H,3-17,27-28,35H2,1-2H3/q+1. The normalized spacial score (nSPS) is 11.2. The van der Waals surface area contributed by atoms with Crippen molar-refractivity contribution in [2.45, 2.75) is 130 Å². The van der Waals surface area contributed by atoms with E-state index in [1.54, 1.807) is 0 Å². The van der Waals surface area contributed by atoms with Gasteiger partial charge in [0.1, 0.15) is 6.54 Å². The Hall–Kier alpha value is -3.19. The highest BCUT2D eigenvalue weighted by Gasteiger charge is 2.27. The molecular formula is C43H58N+. The summed E-state index contributed by atoms with van der Waals surface area (Å²) in [6.07, 6.45) is 25.5. The van der Waals surface area contributed by atoms with Crippen molar-refractivity contribution in [2.75, 3.05) is 0 Å². The van der Waals surface area contributed by atoms with Gasteiger partial charge in [0, 0.05) is 23.1 Å². The van der Waals surface area contributed by atoms with Crippen molar-refractivity contribution in [1.82, 2.24) is 0 Å². The van der Waals surface area contributed by atoms with Gasteiger partial charge in [0.2, 0.25) is 5.69 Å². The molecule has 234 valence electrons. The second kappa shape index (κ2) is 20.0. The maximum atomic E-state index is 2.61. The van der Waals surface area contributed by atoms with Crippen molar-refractivity contribution in [1.29, 1.82) is 0 Å². The summed E-state index contributed by atoms with van der Waals surface area (Å²) in [7, 11) is 0. The molecule has 4 rings (SSSR count). The van der Waals surface area contributed by atoms with E-state index in [0.717, 1.165) is 13.0 Å². The molecule has 0 atom stereocenters. The molecule has 0 aliphatic heterocycles. The average Bonchev–Trinajstić information content (AvgIpc) is 3.08. The monoisotopic (exact) mass is 588 g/mol. The number of aromatic nitrogens is 1. The van der Waals surface area contributed by atoms with Crippen LogP contribution in [0.4, 0.5) is 0 Å². The number of benzene rings is 3. The zero-order valence-corrected chi connectivity index (χ0v) is 27.9. The van der Waals surface area contributed by atoms with Crippen LogP contribution in [0.2, 0.25) is 0 Å². The Morgan fingerprint density at radius 2 is 0.818 bits per heavy atom. The smallest absolute Gasteiger partial charge is 0.197 e. The van der Waals surface area contributed by atoms with Crippen LogP contribution in [0.15, 0.2) is 97.2 Å². The number of hydrogen-bond acceptors (Lipinski definition) is 0. The molecule has 0 bridgehead atoms. The first kappa shape index (κ1) is 33.7. The number of hydrogen-bond donors (Lipinski definition) is 0. The summed E-state index contributed by atoms with van der Waals surface area (Å²) in [4.78, 5) is 0. The van der Waals surface area contributed by atoms with Gasteiger partial charge in [0.25, 0.3) is 0 Å². The molecule has 1 heterocycles. The van der Waals surface area contributed by atoms with Gasteiger partial charge in [-0.15, -0.1) is 0 Å². The first-order valence-corrected chi connectivity index (χ1v) is 18.1. The molecule has 44 heavy (non-hydrogen) atoms. The Labute approximate surface area is 269 Å². The van der Waals surface area contributed by atoms with Gasteiger partial charge in [-0.2, -0.15) is 4.57 Å². The number of rotatable bonds is 21. The van der Waals surface area contributed by atoms with E-state index in [-0.39, 0.29) is 0 Å². The van der Waals surface area contributed by atoms with Crippen LogP contribution in [-0.2, 0) is 13.0 Å². The van der Waals surface area contributed by atoms with Crippen molar-refractivity contribution < 1.29 is 4.57 Å². The molecule has 1 heteroatoms. The molecule has 0 saturated carbocycles. The molecule has 0 spiro atoms. The third kappa shape index (κ3) is 10.5. The molecule has 3 aromatic carbocycles. The molecule has 0 saturated heterocycles. The summed E-state index contributed by atoms with van der Waals surface area (Å²) < 4.78 is 2.61. The first-order chi connectivity index (χ1) is 21.8. The lowest BCUT2D eigenvalue weighted by Crippen LogP contribution is -2.38. The SMILES string of the molecule is CCCCCCCCCCCCCCCC[n+]1cc(CCCC)c(-c2ccccc2)c(-c2ccccc2)c1-c1ccccc1. The van der Waals surface area contributed by atoms with Crippen molar-refractivity contribution in [3.05, 3.63) is 103 Å². The molecule has 0 radical (unpaired) electrons. The molecule has 1 nitrogen and oxygen atoms in total. The summed E-state index contributed by atoms with van der Waals surface area (Å²) in [5.74, 6) is 0. The maximum absolute atomic E-state index is 2.61. The fourth-order valence-electron chi connectivity index (χ4n) is 6.68. The molecule has 0 unspecified atom stereocenters. The lowest BCUT2D eigenvalue weighted by Gasteiger charge is -2.19. The fraction of sp³-hybridized carbons (Fsp3) is 0.465. The Morgan fingerprint density at radius 3 is 1.30 bits per heavy atom. The highest BCUT2D eigenvalue weighted by atomic mass is 15.0. The fourth-order valence-corrected chi connectivity index (χ4v) is 6.68. The van der Waals surface area contributed by atoms with E-state index in [1.807, 2.05) is 0 Å². The van der Waals surface area contributed by atoms with Crippen LogP contribution in [0.25, 0.3) is 33.5 Å². The zero-order valence-electron chi connectivity index (χ0n) is 27.9. The van der Waals surface area contributed by atoms with Gasteiger partial charge in [-0.25, -0.2) is 0 Å². The Morgan fingerprint density at radius 1 is 0.409 bits per heavy atom. The van der Waals surface area contributed by atoms with Crippen LogP contribution < -0.4 is 4.57 Å². The molecule has 0 fully saturated rings. The van der Waals surface area contributed by atoms with Crippen molar-refractivity contribution in [3.8, 4) is 33.5 Å². The molecule has 0 amide bonds. The summed E-state index contributed by atoms with van der Waals surface area (Å²) in [6, 6.07) is 33.3. The molecule has 1 aromatic heterocycles. The van der Waals surface area contributed by atoms with Gasteiger partial charge < -0.3 is 0 Å². The van der Waals surface area contributed by atoms with E-state index >= 15 is 0 Å². The number of pyridine rings is 1. The van der Waals surface area contributed by atoms with Gasteiger partial charge in [-0.05, 0) is 42.5 Å². The highest BCUT2D eigenvalue weighted by Crippen LogP contribution is 2.40. The Balaban J connectivity index is 1.50. The van der Waals surface area contributed by atoms with Crippen LogP contribution >= 0.6 is 0 Å². The minimum absolute atomic E-state index is 1.07. The lowest BCUT2D eigenvalue weighted by atomic mass is 9.86. The second-order valence-electron chi connectivity index (χ2n) is 12.7. The van der Waals surface area contributed by atoms with Crippen LogP contribution in [0, 0.1) is 0 Å². The van der Waals surface area contributed by atoms with E-state index < -0.39 is 0 Å². The van der Waals surface area contributed by atoms with Gasteiger partial charge in [-0.1, -0.05) is 176 Å². The quantitative estimate of drug-likeness (QED) is 0.0673. The predicted octanol–water partition coefficient (Wildman–Crippen LogP) is 12.8. The van der Waals surface area contributed by atoms with Crippen molar-refractivity contribution in [2.24, 2.45) is 0 Å². The molecule has 0 aliphatic rings. The second-order valence-corrected chi connectivity index (χ2v) is 12.7. The number of aryl methyl sites for hydroxylation is 2. The van der Waals surface area contributed by atoms with Gasteiger partial charge in [0.15, 0.2) is 6.20 Å². The first-order valence-electron chi connectivity index (χ1n) is 18.1. The third-order valence-corrected chi connectivity index (χ3v) is 9.13. The van der Waals surface area contributed by atoms with E-state index in [9.17, 15) is 0 Å². The van der Waals surface area contributed by atoms with E-state index in [0.29, 0.717) is 0 Å². The minimum Gasteiger partial charge on any atom is -0.197 e. The van der Waals surface area contributed by atoms with Crippen LogP contribution in [0.5, 0.6) is 0 Å². The minimum atomic E-state index is 1.07. The molecule has 0 N–H and O–H groups in total. The van der Waals surface area contributed by atoms with E-state index in [4.69, 9.17) is 0 Å². The van der Waals surface area contributed by atoms with Gasteiger partial charge >= 0.3 is 0 Å². The van der Waals surface area contributed by atoms with Crippen molar-refractivity contribution >= 4 is 0 Å². The van der Waals surface area contributed by atoms with E-state index in [1.165, 1.54) is 142 Å². The largest absolute Gasteiger partial charge is 0.221 e. The van der Waals surface area contributed by atoms with Crippen LogP contribution in [-0.4, -0.2) is 0 Å². The number of nitrogens with zero attached hydrogens (tertiary/aromatic N) is 1. The van der Waals surface area contributed by atoms with Crippen LogP contribution in [0.3, 0.4) is 0 Å². The lowest BCUT2D eigenvalue weighted by molar-refractivity contribution is -0.686. The molecular weight excluding hydrogens is 530 g/mol. The average molecular weight is 589 g/mol. The highest BCUT2D eigenvalue weighted by molar-refractivity contribution is 5.92. The van der Waals surface area contributed by atoms with Crippen molar-refractivity contribution in [3.63, 3.8) is 0 Å². The summed E-state index contributed by atoms with van der Waals surface area (Å²) in [5, 5.41) is 0. The number of unbranched alkanes of at least 4 members (excludes halogenated alkanes) is 14. The third-order valence-electron chi connectivity index (χ3n) is 9.13. The zero-order chi connectivity index (χ0) is 30.7. The molecule has 0 aliphatic carbocycles. The Bertz CT molecular complexity index is 1310. The topological polar surface area (TPSA) is 3.88 Å². The summed E-state index contributed by atoms with van der Waals surface area (Å²) in [6.45, 7) is 5.67.